The van der Waals surface area contributed by atoms with E-state index in [1.165, 1.54) is 10.4 Å². The number of nitrogens with zero attached hydrogens (tertiary/aromatic N) is 1. The van der Waals surface area contributed by atoms with Gasteiger partial charge in [-0.25, -0.2) is 4.98 Å². The number of aryl methyl sites for hydroxylation is 1. The van der Waals surface area contributed by atoms with E-state index in [2.05, 4.69) is 34.6 Å². The molecule has 0 aliphatic heterocycles. The number of thiazole rings is 1. The van der Waals surface area contributed by atoms with Gasteiger partial charge in [0, 0.05) is 10.4 Å². The van der Waals surface area contributed by atoms with Crippen LogP contribution in [0.1, 0.15) is 34.0 Å². The molecule has 1 amide bonds. The highest BCUT2D eigenvalue weighted by molar-refractivity contribution is 7.15. The lowest BCUT2D eigenvalue weighted by Crippen LogP contribution is -2.14. The molecule has 1 aliphatic carbocycles. The van der Waals surface area contributed by atoms with Crippen molar-refractivity contribution < 1.29 is 9.90 Å². The van der Waals surface area contributed by atoms with E-state index in [4.69, 9.17) is 0 Å². The molecular formula is C21H20N2O2S. The van der Waals surface area contributed by atoms with E-state index in [0.717, 1.165) is 25.0 Å². The molecule has 1 atom stereocenters. The molecule has 2 N–H and O–H groups in total. The lowest BCUT2D eigenvalue weighted by Gasteiger charge is -2.21. The number of hydrogen-bond acceptors (Lipinski definition) is 4. The van der Waals surface area contributed by atoms with Gasteiger partial charge in [-0.15, -0.1) is 11.3 Å². The van der Waals surface area contributed by atoms with Crippen molar-refractivity contribution in [2.24, 2.45) is 0 Å². The molecule has 0 fully saturated rings. The minimum absolute atomic E-state index is 0.142. The van der Waals surface area contributed by atoms with Crippen molar-refractivity contribution in [3.8, 4) is 5.75 Å². The second kappa shape index (κ2) is 7.30. The third kappa shape index (κ3) is 3.63. The Kier molecular flexibility index (Phi) is 4.71. The zero-order chi connectivity index (χ0) is 17.9. The van der Waals surface area contributed by atoms with Crippen molar-refractivity contribution in [1.29, 1.82) is 0 Å². The normalized spacial score (nSPS) is 16.1. The Bertz CT molecular complexity index is 921. The van der Waals surface area contributed by atoms with Crippen LogP contribution in [-0.2, 0) is 24.1 Å². The Morgan fingerprint density at radius 1 is 1.15 bits per heavy atom. The molecule has 0 radical (unpaired) electrons. The molecule has 1 heterocycles. The number of benzene rings is 2. The van der Waals surface area contributed by atoms with Gasteiger partial charge >= 0.3 is 0 Å². The monoisotopic (exact) mass is 364 g/mol. The molecule has 0 saturated heterocycles. The maximum absolute atomic E-state index is 12.3. The SMILES string of the molecule is O=C(Cc1ccccc1O)Nc1nc2c(s1)CC(c1ccccc1)CC2. The third-order valence-electron chi connectivity index (χ3n) is 4.80. The lowest BCUT2D eigenvalue weighted by atomic mass is 9.85. The second-order valence-corrected chi connectivity index (χ2v) is 7.68. The molecule has 4 nitrogen and oxygen atoms in total. The largest absolute Gasteiger partial charge is 0.508 e. The Morgan fingerprint density at radius 3 is 2.73 bits per heavy atom. The minimum atomic E-state index is -0.155. The van der Waals surface area contributed by atoms with Crippen molar-refractivity contribution >= 4 is 22.4 Å². The van der Waals surface area contributed by atoms with Crippen LogP contribution in [-0.4, -0.2) is 16.0 Å². The van der Waals surface area contributed by atoms with E-state index < -0.39 is 0 Å². The Morgan fingerprint density at radius 2 is 1.92 bits per heavy atom. The van der Waals surface area contributed by atoms with Gasteiger partial charge in [0.25, 0.3) is 0 Å². The summed E-state index contributed by atoms with van der Waals surface area (Å²) in [4.78, 5) is 18.2. The number of anilines is 1. The molecule has 1 aromatic heterocycles. The van der Waals surface area contributed by atoms with Crippen molar-refractivity contribution in [2.75, 3.05) is 5.32 Å². The second-order valence-electron chi connectivity index (χ2n) is 6.59. The van der Waals surface area contributed by atoms with Crippen molar-refractivity contribution in [1.82, 2.24) is 4.98 Å². The van der Waals surface area contributed by atoms with E-state index in [1.54, 1.807) is 29.5 Å². The van der Waals surface area contributed by atoms with E-state index in [-0.39, 0.29) is 18.1 Å². The van der Waals surface area contributed by atoms with Crippen LogP contribution in [0.2, 0.25) is 0 Å². The van der Waals surface area contributed by atoms with Crippen LogP contribution < -0.4 is 5.32 Å². The Hall–Kier alpha value is -2.66. The van der Waals surface area contributed by atoms with Crippen LogP contribution in [0.15, 0.2) is 54.6 Å². The maximum atomic E-state index is 12.3. The molecule has 0 spiro atoms. The number of phenolic OH excluding ortho intramolecular Hbond substituents is 1. The van der Waals surface area contributed by atoms with E-state index in [1.807, 2.05) is 12.1 Å². The van der Waals surface area contributed by atoms with Gasteiger partial charge in [0.1, 0.15) is 5.75 Å². The fraction of sp³-hybridized carbons (Fsp3) is 0.238. The fourth-order valence-electron chi connectivity index (χ4n) is 3.43. The number of phenols is 1. The maximum Gasteiger partial charge on any atom is 0.230 e. The number of fused-ring (bicyclic) bond motifs is 1. The van der Waals surface area contributed by atoms with Crippen LogP contribution in [0, 0.1) is 0 Å². The van der Waals surface area contributed by atoms with Gasteiger partial charge in [0.2, 0.25) is 5.91 Å². The summed E-state index contributed by atoms with van der Waals surface area (Å²) in [6, 6.07) is 17.5. The summed E-state index contributed by atoms with van der Waals surface area (Å²) >= 11 is 1.57. The number of carbonyl (C=O) groups excluding carboxylic acids is 1. The molecule has 1 aliphatic rings. The number of aromatic nitrogens is 1. The molecule has 1 unspecified atom stereocenters. The summed E-state index contributed by atoms with van der Waals surface area (Å²) in [6.07, 6.45) is 3.16. The van der Waals surface area contributed by atoms with Gasteiger partial charge in [0.05, 0.1) is 12.1 Å². The first kappa shape index (κ1) is 16.8. The average Bonchev–Trinajstić information content (AvgIpc) is 3.05. The summed E-state index contributed by atoms with van der Waals surface area (Å²) in [5.74, 6) is 0.512. The van der Waals surface area contributed by atoms with Crippen LogP contribution in [0.3, 0.4) is 0 Å². The Balaban J connectivity index is 1.43. The van der Waals surface area contributed by atoms with Crippen molar-refractivity contribution in [2.45, 2.75) is 31.6 Å². The molecule has 132 valence electrons. The predicted octanol–water partition coefficient (Wildman–Crippen LogP) is 4.30. The summed E-state index contributed by atoms with van der Waals surface area (Å²) < 4.78 is 0. The number of amides is 1. The molecule has 3 aromatic rings. The molecule has 0 saturated carbocycles. The van der Waals surface area contributed by atoms with Gasteiger partial charge in [-0.05, 0) is 36.8 Å². The van der Waals surface area contributed by atoms with E-state index in [9.17, 15) is 9.90 Å². The number of aromatic hydroxyl groups is 1. The number of hydrogen-bond donors (Lipinski definition) is 2. The highest BCUT2D eigenvalue weighted by Crippen LogP contribution is 2.37. The molecule has 26 heavy (non-hydrogen) atoms. The highest BCUT2D eigenvalue weighted by Gasteiger charge is 2.24. The number of nitrogens with one attached hydrogen (secondary N) is 1. The predicted molar refractivity (Wildman–Crippen MR) is 104 cm³/mol. The van der Waals surface area contributed by atoms with Crippen LogP contribution >= 0.6 is 11.3 Å². The fourth-order valence-corrected chi connectivity index (χ4v) is 4.54. The molecule has 2 aromatic carbocycles. The number of carbonyl (C=O) groups is 1. The summed E-state index contributed by atoms with van der Waals surface area (Å²) in [5, 5.41) is 13.3. The zero-order valence-corrected chi connectivity index (χ0v) is 15.1. The number of para-hydroxylation sites is 1. The zero-order valence-electron chi connectivity index (χ0n) is 14.3. The van der Waals surface area contributed by atoms with E-state index >= 15 is 0 Å². The summed E-state index contributed by atoms with van der Waals surface area (Å²) in [6.45, 7) is 0. The number of rotatable bonds is 4. The molecule has 4 rings (SSSR count). The minimum Gasteiger partial charge on any atom is -0.508 e. The summed E-state index contributed by atoms with van der Waals surface area (Å²) in [7, 11) is 0. The first-order valence-electron chi connectivity index (χ1n) is 8.79. The average molecular weight is 364 g/mol. The standard InChI is InChI=1S/C21H20N2O2S/c24-18-9-5-4-8-16(18)13-20(25)23-21-22-17-11-10-15(12-19(17)26-21)14-6-2-1-3-7-14/h1-9,15,24H,10-13H2,(H,22,23,25). The van der Waals surface area contributed by atoms with Gasteiger partial charge < -0.3 is 10.4 Å². The quantitative estimate of drug-likeness (QED) is 0.725. The summed E-state index contributed by atoms with van der Waals surface area (Å²) in [5.41, 5.74) is 3.10. The van der Waals surface area contributed by atoms with Gasteiger partial charge in [0.15, 0.2) is 5.13 Å². The van der Waals surface area contributed by atoms with Crippen molar-refractivity contribution in [3.05, 3.63) is 76.3 Å². The molecule has 0 bridgehead atoms. The highest BCUT2D eigenvalue weighted by atomic mass is 32.1. The molecular weight excluding hydrogens is 344 g/mol. The smallest absolute Gasteiger partial charge is 0.230 e. The first-order valence-corrected chi connectivity index (χ1v) is 9.61. The van der Waals surface area contributed by atoms with Gasteiger partial charge in [-0.2, -0.15) is 0 Å². The van der Waals surface area contributed by atoms with Crippen LogP contribution in [0.5, 0.6) is 5.75 Å². The third-order valence-corrected chi connectivity index (χ3v) is 5.83. The first-order chi connectivity index (χ1) is 12.7. The lowest BCUT2D eigenvalue weighted by molar-refractivity contribution is -0.115. The van der Waals surface area contributed by atoms with Gasteiger partial charge in [-0.1, -0.05) is 48.5 Å². The topological polar surface area (TPSA) is 62.2 Å². The van der Waals surface area contributed by atoms with Crippen LogP contribution in [0.4, 0.5) is 5.13 Å². The van der Waals surface area contributed by atoms with E-state index in [0.29, 0.717) is 16.6 Å². The molecule has 5 heteroatoms. The Labute approximate surface area is 156 Å². The van der Waals surface area contributed by atoms with Crippen LogP contribution in [0.25, 0.3) is 0 Å². The van der Waals surface area contributed by atoms with Gasteiger partial charge in [-0.3, -0.25) is 4.79 Å². The van der Waals surface area contributed by atoms with Crippen molar-refractivity contribution in [3.63, 3.8) is 0 Å².